The van der Waals surface area contributed by atoms with E-state index in [0.717, 1.165) is 29.8 Å². The highest BCUT2D eigenvalue weighted by atomic mass is 32.1. The number of amides is 2. The number of hydrogen-bond donors (Lipinski definition) is 2. The van der Waals surface area contributed by atoms with Crippen LogP contribution in [0.5, 0.6) is 5.75 Å². The van der Waals surface area contributed by atoms with E-state index in [4.69, 9.17) is 4.74 Å². The van der Waals surface area contributed by atoms with Crippen LogP contribution in [0.4, 0.5) is 9.93 Å². The van der Waals surface area contributed by atoms with E-state index in [1.54, 1.807) is 13.3 Å². The molecule has 0 bridgehead atoms. The Morgan fingerprint density at radius 3 is 2.77 bits per heavy atom. The Morgan fingerprint density at radius 1 is 1.19 bits per heavy atom. The van der Waals surface area contributed by atoms with Crippen molar-refractivity contribution in [3.05, 3.63) is 54.2 Å². The number of rotatable bonds is 6. The van der Waals surface area contributed by atoms with Crippen LogP contribution in [0.2, 0.25) is 0 Å². The van der Waals surface area contributed by atoms with Crippen molar-refractivity contribution < 1.29 is 14.6 Å². The first kappa shape index (κ1) is 21.2. The monoisotopic (exact) mass is 439 g/mol. The molecule has 1 fully saturated rings. The Balaban J connectivity index is 1.51. The highest BCUT2D eigenvalue weighted by Gasteiger charge is 2.29. The first-order chi connectivity index (χ1) is 15.1. The zero-order chi connectivity index (χ0) is 21.6. The number of aliphatic hydroxyl groups is 1. The van der Waals surface area contributed by atoms with Gasteiger partial charge in [0.05, 0.1) is 13.2 Å². The Bertz CT molecular complexity index is 1010. The molecule has 0 unspecified atom stereocenters. The van der Waals surface area contributed by atoms with E-state index in [0.29, 0.717) is 29.5 Å². The summed E-state index contributed by atoms with van der Waals surface area (Å²) >= 11 is 1.29. The fraction of sp³-hybridized carbons (Fsp3) is 0.364. The molecule has 31 heavy (non-hydrogen) atoms. The number of hydrogen-bond acceptors (Lipinski definition) is 7. The minimum absolute atomic E-state index is 0.0396. The van der Waals surface area contributed by atoms with Gasteiger partial charge in [0.1, 0.15) is 11.4 Å². The molecule has 1 saturated carbocycles. The molecular weight excluding hydrogens is 414 g/mol. The van der Waals surface area contributed by atoms with Crippen molar-refractivity contribution in [3.8, 4) is 16.5 Å². The standard InChI is InChI=1S/C22H25N5O3S/c1-30-18-6-4-5-15(13-18)14-27(16-8-10-17(28)11-9-16)22(29)24-21-26-25-20(31-21)19-7-2-3-12-23-19/h2-7,12-13,16-17,28H,8-11,14H2,1H3,(H,24,26,29). The van der Waals surface area contributed by atoms with Crippen LogP contribution in [0, 0.1) is 0 Å². The maximum Gasteiger partial charge on any atom is 0.324 e. The fourth-order valence-electron chi connectivity index (χ4n) is 3.73. The van der Waals surface area contributed by atoms with Gasteiger partial charge in [0.2, 0.25) is 5.13 Å². The van der Waals surface area contributed by atoms with Gasteiger partial charge >= 0.3 is 6.03 Å². The van der Waals surface area contributed by atoms with Crippen LogP contribution in [0.3, 0.4) is 0 Å². The molecule has 0 atom stereocenters. The van der Waals surface area contributed by atoms with Crippen LogP contribution in [0.15, 0.2) is 48.7 Å². The van der Waals surface area contributed by atoms with Crippen molar-refractivity contribution in [3.63, 3.8) is 0 Å². The largest absolute Gasteiger partial charge is 0.497 e. The minimum Gasteiger partial charge on any atom is -0.497 e. The average molecular weight is 440 g/mol. The molecule has 8 nitrogen and oxygen atoms in total. The lowest BCUT2D eigenvalue weighted by Gasteiger charge is -2.35. The van der Waals surface area contributed by atoms with Crippen molar-refractivity contribution in [1.29, 1.82) is 0 Å². The highest BCUT2D eigenvalue weighted by molar-refractivity contribution is 7.18. The summed E-state index contributed by atoms with van der Waals surface area (Å²) in [5.74, 6) is 0.751. The van der Waals surface area contributed by atoms with Crippen molar-refractivity contribution in [1.82, 2.24) is 20.1 Å². The van der Waals surface area contributed by atoms with Crippen LogP contribution in [0.25, 0.3) is 10.7 Å². The molecule has 1 aromatic carbocycles. The van der Waals surface area contributed by atoms with E-state index in [1.165, 1.54) is 11.3 Å². The summed E-state index contributed by atoms with van der Waals surface area (Å²) in [6.07, 6.45) is 4.30. The van der Waals surface area contributed by atoms with Gasteiger partial charge < -0.3 is 14.7 Å². The molecule has 2 N–H and O–H groups in total. The van der Waals surface area contributed by atoms with Crippen LogP contribution in [-0.4, -0.2) is 50.5 Å². The van der Waals surface area contributed by atoms with Gasteiger partial charge in [0.25, 0.3) is 0 Å². The van der Waals surface area contributed by atoms with Crippen molar-refractivity contribution >= 4 is 22.5 Å². The van der Waals surface area contributed by atoms with Gasteiger partial charge in [-0.1, -0.05) is 29.5 Å². The summed E-state index contributed by atoms with van der Waals surface area (Å²) < 4.78 is 5.32. The lowest BCUT2D eigenvalue weighted by Crippen LogP contribution is -2.44. The van der Waals surface area contributed by atoms with Crippen LogP contribution in [0.1, 0.15) is 31.2 Å². The second kappa shape index (κ2) is 9.84. The average Bonchev–Trinajstić information content (AvgIpc) is 3.27. The normalized spacial score (nSPS) is 18.4. The Labute approximate surface area is 184 Å². The fourth-order valence-corrected chi connectivity index (χ4v) is 4.44. The molecule has 0 aliphatic heterocycles. The molecular formula is C22H25N5O3S. The minimum atomic E-state index is -0.290. The number of pyridine rings is 1. The second-order valence-electron chi connectivity index (χ2n) is 7.50. The van der Waals surface area contributed by atoms with Crippen LogP contribution >= 0.6 is 11.3 Å². The SMILES string of the molecule is COc1cccc(CN(C(=O)Nc2nnc(-c3ccccn3)s2)C2CCC(O)CC2)c1. The second-order valence-corrected chi connectivity index (χ2v) is 8.48. The Morgan fingerprint density at radius 2 is 2.03 bits per heavy atom. The van der Waals surface area contributed by atoms with Gasteiger partial charge in [-0.2, -0.15) is 0 Å². The lowest BCUT2D eigenvalue weighted by molar-refractivity contribution is 0.0849. The van der Waals surface area contributed by atoms with E-state index in [-0.39, 0.29) is 18.2 Å². The molecule has 2 aromatic heterocycles. The topological polar surface area (TPSA) is 100 Å². The van der Waals surface area contributed by atoms with Crippen molar-refractivity contribution in [2.75, 3.05) is 12.4 Å². The predicted molar refractivity (Wildman–Crippen MR) is 119 cm³/mol. The third kappa shape index (κ3) is 5.36. The number of methoxy groups -OCH3 is 1. The molecule has 0 radical (unpaired) electrons. The maximum absolute atomic E-state index is 13.2. The van der Waals surface area contributed by atoms with Gasteiger partial charge in [0, 0.05) is 18.8 Å². The molecule has 9 heteroatoms. The molecule has 0 saturated heterocycles. The summed E-state index contributed by atoms with van der Waals surface area (Å²) in [6, 6.07) is 13.1. The smallest absolute Gasteiger partial charge is 0.324 e. The Hall–Kier alpha value is -3.04. The number of nitrogens with one attached hydrogen (secondary N) is 1. The molecule has 4 rings (SSSR count). The van der Waals surface area contributed by atoms with Gasteiger partial charge in [-0.25, -0.2) is 4.79 Å². The number of aliphatic hydroxyl groups excluding tert-OH is 1. The number of benzene rings is 1. The Kier molecular flexibility index (Phi) is 6.73. The number of anilines is 1. The maximum atomic E-state index is 13.2. The van der Waals surface area contributed by atoms with E-state index in [1.807, 2.05) is 47.4 Å². The first-order valence-corrected chi connectivity index (χ1v) is 11.1. The van der Waals surface area contributed by atoms with E-state index in [2.05, 4.69) is 20.5 Å². The number of urea groups is 1. The lowest BCUT2D eigenvalue weighted by atomic mass is 9.92. The van der Waals surface area contributed by atoms with E-state index < -0.39 is 0 Å². The molecule has 2 heterocycles. The summed E-state index contributed by atoms with van der Waals surface area (Å²) in [7, 11) is 1.63. The number of carbonyl (C=O) groups excluding carboxylic acids is 1. The third-order valence-electron chi connectivity index (χ3n) is 5.38. The molecule has 0 spiro atoms. The number of aromatic nitrogens is 3. The van der Waals surface area contributed by atoms with Gasteiger partial charge in [-0.15, -0.1) is 10.2 Å². The molecule has 3 aromatic rings. The quantitative estimate of drug-likeness (QED) is 0.603. The van der Waals surface area contributed by atoms with E-state index >= 15 is 0 Å². The van der Waals surface area contributed by atoms with Crippen molar-refractivity contribution in [2.24, 2.45) is 0 Å². The summed E-state index contributed by atoms with van der Waals surface area (Å²) in [5, 5.41) is 22.1. The van der Waals surface area contributed by atoms with Crippen molar-refractivity contribution in [2.45, 2.75) is 44.4 Å². The number of ether oxygens (including phenoxy) is 1. The highest BCUT2D eigenvalue weighted by Crippen LogP contribution is 2.28. The number of nitrogens with zero attached hydrogens (tertiary/aromatic N) is 4. The van der Waals surface area contributed by atoms with Gasteiger partial charge in [-0.3, -0.25) is 10.3 Å². The third-order valence-corrected chi connectivity index (χ3v) is 6.24. The van der Waals surface area contributed by atoms with E-state index in [9.17, 15) is 9.90 Å². The van der Waals surface area contributed by atoms with Crippen LogP contribution in [-0.2, 0) is 6.54 Å². The predicted octanol–water partition coefficient (Wildman–Crippen LogP) is 3.95. The molecule has 1 aliphatic carbocycles. The van der Waals surface area contributed by atoms with Gasteiger partial charge in [0.15, 0.2) is 5.01 Å². The number of carbonyl (C=O) groups is 1. The zero-order valence-corrected chi connectivity index (χ0v) is 18.1. The van der Waals surface area contributed by atoms with Gasteiger partial charge in [-0.05, 0) is 55.5 Å². The summed E-state index contributed by atoms with van der Waals surface area (Å²) in [4.78, 5) is 19.3. The zero-order valence-electron chi connectivity index (χ0n) is 17.3. The molecule has 162 valence electrons. The first-order valence-electron chi connectivity index (χ1n) is 10.3. The summed E-state index contributed by atoms with van der Waals surface area (Å²) in [5.41, 5.74) is 1.70. The summed E-state index contributed by atoms with van der Waals surface area (Å²) in [6.45, 7) is 0.440. The van der Waals surface area contributed by atoms with Crippen LogP contribution < -0.4 is 10.1 Å². The molecule has 1 aliphatic rings. The molecule has 2 amide bonds.